The lowest BCUT2D eigenvalue weighted by Gasteiger charge is -2.29. The largest absolute Gasteiger partial charge is 0.370 e. The number of rotatable bonds is 11. The van der Waals surface area contributed by atoms with Crippen LogP contribution in [0, 0.1) is 11.8 Å². The Bertz CT molecular complexity index is 1770. The van der Waals surface area contributed by atoms with Crippen LogP contribution in [0.2, 0.25) is 0 Å². The summed E-state index contributed by atoms with van der Waals surface area (Å²) in [4.78, 5) is 96.9. The van der Waals surface area contributed by atoms with Gasteiger partial charge in [0.2, 0.25) is 29.5 Å². The molecule has 15 nitrogen and oxygen atoms in total. The molecule has 1 unspecified atom stereocenters. The van der Waals surface area contributed by atoms with Gasteiger partial charge in [0.25, 0.3) is 0 Å². The summed E-state index contributed by atoms with van der Waals surface area (Å²) in [5, 5.41) is 11.2. The summed E-state index contributed by atoms with van der Waals surface area (Å²) >= 11 is 0. The van der Waals surface area contributed by atoms with E-state index in [2.05, 4.69) is 26.3 Å². The molecular formula is C42H56N8O7. The van der Waals surface area contributed by atoms with Gasteiger partial charge in [-0.2, -0.15) is 0 Å². The third kappa shape index (κ3) is 15.0. The van der Waals surface area contributed by atoms with Crippen molar-refractivity contribution >= 4 is 47.1 Å². The minimum atomic E-state index is -1.05. The van der Waals surface area contributed by atoms with Gasteiger partial charge >= 0.3 is 0 Å². The average molecular weight is 785 g/mol. The number of hydrogen-bond acceptors (Lipinski definition) is 8. The summed E-state index contributed by atoms with van der Waals surface area (Å²) < 4.78 is 0. The topological polar surface area (TPSA) is 258 Å². The van der Waals surface area contributed by atoms with Crippen LogP contribution in [0.1, 0.15) is 98.5 Å². The van der Waals surface area contributed by atoms with Gasteiger partial charge in [0, 0.05) is 49.1 Å². The van der Waals surface area contributed by atoms with E-state index in [1.54, 1.807) is 48.5 Å². The fourth-order valence-corrected chi connectivity index (χ4v) is 7.21. The molecule has 1 heterocycles. The Balaban J connectivity index is 1.62. The van der Waals surface area contributed by atoms with Crippen molar-refractivity contribution in [2.24, 2.45) is 34.0 Å². The van der Waals surface area contributed by atoms with E-state index in [1.807, 2.05) is 6.07 Å². The first-order valence-corrected chi connectivity index (χ1v) is 19.8. The predicted octanol–water partition coefficient (Wildman–Crippen LogP) is 1.86. The molecule has 1 aliphatic heterocycles. The maximum absolute atomic E-state index is 14.2. The molecule has 0 saturated heterocycles. The van der Waals surface area contributed by atoms with Crippen molar-refractivity contribution in [2.45, 2.75) is 102 Å². The second kappa shape index (κ2) is 22.6. The smallest absolute Gasteiger partial charge is 0.244 e. The standard InChI is InChI=1S/C42H56N8O7/c43-38(54)33-15-7-8-22-46-40(56)34(25-28-16-18-30(19-17-28)37(53)29-12-5-2-6-13-29)50-41(57)35(24-27-10-3-1-4-11-27)49-39(55)31(14-9-23-47-42(44)45)26-32(51)20-21-36(52)48-33/h2,5-6,12-13,16-21,27,31,33-35H,1,3-4,7-11,14-15,22-26H2,(H2,43,54)(H,46,56)(H,48,52)(H,49,55)(H,50,57)(H4,44,45,47)/t31-,33+,34?,35+/m1/s1. The van der Waals surface area contributed by atoms with Gasteiger partial charge in [0.1, 0.15) is 18.1 Å². The Labute approximate surface area is 333 Å². The summed E-state index contributed by atoms with van der Waals surface area (Å²) in [5.41, 5.74) is 18.2. The first-order chi connectivity index (χ1) is 27.4. The van der Waals surface area contributed by atoms with E-state index >= 15 is 0 Å². The van der Waals surface area contributed by atoms with Gasteiger partial charge in [-0.1, -0.05) is 86.7 Å². The van der Waals surface area contributed by atoms with E-state index in [4.69, 9.17) is 17.2 Å². The van der Waals surface area contributed by atoms with Gasteiger partial charge in [-0.25, -0.2) is 0 Å². The summed E-state index contributed by atoms with van der Waals surface area (Å²) in [5.74, 6) is -4.51. The maximum atomic E-state index is 14.2. The van der Waals surface area contributed by atoms with E-state index < -0.39 is 59.4 Å². The minimum absolute atomic E-state index is 0.0888. The van der Waals surface area contributed by atoms with Gasteiger partial charge in [-0.3, -0.25) is 38.6 Å². The van der Waals surface area contributed by atoms with Crippen molar-refractivity contribution in [3.05, 3.63) is 83.4 Å². The van der Waals surface area contributed by atoms with Crippen LogP contribution in [0.4, 0.5) is 0 Å². The molecule has 0 spiro atoms. The normalized spacial score (nSPS) is 22.3. The van der Waals surface area contributed by atoms with Gasteiger partial charge in [-0.05, 0) is 56.1 Å². The zero-order valence-electron chi connectivity index (χ0n) is 32.4. The second-order valence-electron chi connectivity index (χ2n) is 14.9. The van der Waals surface area contributed by atoms with Crippen molar-refractivity contribution in [1.82, 2.24) is 21.3 Å². The molecule has 5 amide bonds. The Kier molecular flexibility index (Phi) is 17.4. The van der Waals surface area contributed by atoms with Crippen molar-refractivity contribution in [1.29, 1.82) is 0 Å². The lowest BCUT2D eigenvalue weighted by atomic mass is 9.84. The lowest BCUT2D eigenvalue weighted by molar-refractivity contribution is -0.134. The highest BCUT2D eigenvalue weighted by Gasteiger charge is 2.32. The number of nitrogens with one attached hydrogen (secondary N) is 4. The van der Waals surface area contributed by atoms with Crippen molar-refractivity contribution in [3.8, 4) is 0 Å². The van der Waals surface area contributed by atoms with Crippen LogP contribution in [-0.2, 0) is 35.2 Å². The van der Waals surface area contributed by atoms with Crippen LogP contribution < -0.4 is 38.5 Å². The highest BCUT2D eigenvalue weighted by Crippen LogP contribution is 2.28. The van der Waals surface area contributed by atoms with Gasteiger partial charge in [0.15, 0.2) is 17.5 Å². The fourth-order valence-electron chi connectivity index (χ4n) is 7.21. The SMILES string of the molecule is NC(=O)[C@@H]1CCCCNC(=O)C(Cc2ccc(C(=O)c3ccccc3)cc2)NC(=O)[C@H](CC2CCCCC2)NC(=O)[C@H](CCCN=C(N)N)CC(=O)C=CC(=O)N1. The zero-order chi connectivity index (χ0) is 41.2. The quantitative estimate of drug-likeness (QED) is 0.0758. The molecule has 1 saturated carbocycles. The van der Waals surface area contributed by atoms with E-state index in [-0.39, 0.29) is 56.4 Å². The number of nitrogens with two attached hydrogens (primary N) is 3. The maximum Gasteiger partial charge on any atom is 0.244 e. The van der Waals surface area contributed by atoms with Crippen molar-refractivity contribution < 1.29 is 33.6 Å². The number of ketones is 2. The predicted molar refractivity (Wildman–Crippen MR) is 215 cm³/mol. The molecule has 4 atom stereocenters. The molecule has 15 heteroatoms. The van der Waals surface area contributed by atoms with Crippen LogP contribution in [0.15, 0.2) is 71.7 Å². The van der Waals surface area contributed by atoms with E-state index in [0.717, 1.165) is 44.3 Å². The van der Waals surface area contributed by atoms with Crippen LogP contribution in [-0.4, -0.2) is 78.3 Å². The summed E-state index contributed by atoms with van der Waals surface area (Å²) in [6.07, 6.45) is 8.68. The van der Waals surface area contributed by atoms with E-state index in [9.17, 15) is 33.6 Å². The van der Waals surface area contributed by atoms with Crippen LogP contribution >= 0.6 is 0 Å². The van der Waals surface area contributed by atoms with Gasteiger partial charge in [0.05, 0.1) is 0 Å². The molecule has 2 aromatic carbocycles. The first kappa shape index (κ1) is 43.9. The summed E-state index contributed by atoms with van der Waals surface area (Å²) in [6, 6.07) is 12.6. The van der Waals surface area contributed by atoms with Gasteiger partial charge in [-0.15, -0.1) is 0 Å². The highest BCUT2D eigenvalue weighted by atomic mass is 16.2. The van der Waals surface area contributed by atoms with Crippen molar-refractivity contribution in [2.75, 3.05) is 13.1 Å². The second-order valence-corrected chi connectivity index (χ2v) is 14.9. The monoisotopic (exact) mass is 784 g/mol. The number of allylic oxidation sites excluding steroid dienone is 1. The number of amides is 5. The zero-order valence-corrected chi connectivity index (χ0v) is 32.4. The molecule has 2 aliphatic rings. The number of aliphatic imine (C=N–C) groups is 1. The first-order valence-electron chi connectivity index (χ1n) is 19.8. The summed E-state index contributed by atoms with van der Waals surface area (Å²) in [7, 11) is 0. The van der Waals surface area contributed by atoms with Crippen molar-refractivity contribution in [3.63, 3.8) is 0 Å². The molecule has 306 valence electrons. The number of benzene rings is 2. The Morgan fingerprint density at radius 1 is 0.702 bits per heavy atom. The molecule has 0 radical (unpaired) electrons. The minimum Gasteiger partial charge on any atom is -0.370 e. The van der Waals surface area contributed by atoms with Gasteiger partial charge < -0.3 is 38.5 Å². The molecule has 57 heavy (non-hydrogen) atoms. The lowest BCUT2D eigenvalue weighted by Crippen LogP contribution is -2.55. The highest BCUT2D eigenvalue weighted by molar-refractivity contribution is 6.09. The molecule has 10 N–H and O–H groups in total. The van der Waals surface area contributed by atoms with Crippen LogP contribution in [0.3, 0.4) is 0 Å². The third-order valence-corrected chi connectivity index (χ3v) is 10.4. The Morgan fingerprint density at radius 2 is 1.37 bits per heavy atom. The molecule has 2 aromatic rings. The molecule has 1 fully saturated rings. The number of primary amides is 1. The number of carbonyl (C=O) groups excluding carboxylic acids is 7. The number of hydrogen-bond donors (Lipinski definition) is 7. The van der Waals surface area contributed by atoms with Crippen LogP contribution in [0.5, 0.6) is 0 Å². The fraction of sp³-hybridized carbons (Fsp3) is 0.476. The molecule has 0 bridgehead atoms. The Morgan fingerprint density at radius 3 is 2.05 bits per heavy atom. The number of nitrogens with zero attached hydrogens (tertiary/aromatic N) is 1. The van der Waals surface area contributed by atoms with Crippen LogP contribution in [0.25, 0.3) is 0 Å². The van der Waals surface area contributed by atoms with E-state index in [1.165, 1.54) is 0 Å². The Hall–Kier alpha value is -5.86. The number of guanidine groups is 1. The molecule has 1 aliphatic carbocycles. The molecule has 4 rings (SSSR count). The average Bonchev–Trinajstić information content (AvgIpc) is 3.20. The van der Waals surface area contributed by atoms with E-state index in [0.29, 0.717) is 42.4 Å². The molecular weight excluding hydrogens is 729 g/mol. The summed E-state index contributed by atoms with van der Waals surface area (Å²) in [6.45, 7) is 0.407. The number of carbonyl (C=O) groups is 7. The molecule has 0 aromatic heterocycles. The third-order valence-electron chi connectivity index (χ3n) is 10.4.